The van der Waals surface area contributed by atoms with Crippen LogP contribution in [0, 0.1) is 6.92 Å². The van der Waals surface area contributed by atoms with Gasteiger partial charge in [-0.25, -0.2) is 0 Å². The maximum Gasteiger partial charge on any atom is 0.123 e. The molecule has 2 nitrogen and oxygen atoms in total. The number of hydrogen-bond acceptors (Lipinski definition) is 2. The zero-order valence-electron chi connectivity index (χ0n) is 14.4. The Morgan fingerprint density at radius 2 is 1.81 bits per heavy atom. The minimum Gasteiger partial charge on any atom is -0.496 e. The van der Waals surface area contributed by atoms with Gasteiger partial charge < -0.3 is 10.1 Å². The summed E-state index contributed by atoms with van der Waals surface area (Å²) in [6, 6.07) is 6.92. The van der Waals surface area contributed by atoms with Gasteiger partial charge >= 0.3 is 0 Å². The lowest BCUT2D eigenvalue weighted by molar-refractivity contribution is 0.391. The van der Waals surface area contributed by atoms with E-state index in [-0.39, 0.29) is 0 Å². The third kappa shape index (κ3) is 6.52. The van der Waals surface area contributed by atoms with Crippen molar-refractivity contribution in [2.45, 2.75) is 71.8 Å². The summed E-state index contributed by atoms with van der Waals surface area (Å²) >= 11 is 0. The van der Waals surface area contributed by atoms with Gasteiger partial charge in [0.1, 0.15) is 5.75 Å². The van der Waals surface area contributed by atoms with E-state index in [9.17, 15) is 0 Å². The number of methoxy groups -OCH3 is 1. The molecule has 1 aromatic rings. The highest BCUT2D eigenvalue weighted by Gasteiger charge is 2.15. The molecule has 0 aliphatic carbocycles. The molecular formula is C19H33NO. The number of nitrogens with one attached hydrogen (secondary N) is 1. The third-order valence-corrected chi connectivity index (χ3v) is 4.00. The molecule has 0 saturated carbocycles. The average molecular weight is 291 g/mol. The van der Waals surface area contributed by atoms with Crippen molar-refractivity contribution in [3.8, 4) is 5.75 Å². The predicted octanol–water partition coefficient (Wildman–Crippen LogP) is 5.40. The van der Waals surface area contributed by atoms with Crippen molar-refractivity contribution in [3.63, 3.8) is 0 Å². The lowest BCUT2D eigenvalue weighted by atomic mass is 9.97. The van der Waals surface area contributed by atoms with Crippen LogP contribution in [0.3, 0.4) is 0 Å². The van der Waals surface area contributed by atoms with E-state index in [0.717, 1.165) is 12.3 Å². The molecule has 1 rings (SSSR count). The minimum absolute atomic E-state index is 0.418. The van der Waals surface area contributed by atoms with Crippen LogP contribution in [0.15, 0.2) is 18.2 Å². The van der Waals surface area contributed by atoms with E-state index in [1.165, 1.54) is 56.1 Å². The van der Waals surface area contributed by atoms with Gasteiger partial charge in [-0.2, -0.15) is 0 Å². The number of unbranched alkanes of at least 4 members (excludes halogenated alkanes) is 4. The number of ether oxygens (including phenoxy) is 1. The van der Waals surface area contributed by atoms with Gasteiger partial charge in [-0.15, -0.1) is 0 Å². The van der Waals surface area contributed by atoms with Gasteiger partial charge in [-0.05, 0) is 32.4 Å². The summed E-state index contributed by atoms with van der Waals surface area (Å²) in [5.74, 6) is 1.02. The lowest BCUT2D eigenvalue weighted by Gasteiger charge is -2.22. The third-order valence-electron chi connectivity index (χ3n) is 4.00. The van der Waals surface area contributed by atoms with Crippen molar-refractivity contribution in [1.82, 2.24) is 5.32 Å². The standard InChI is InChI=1S/C19H33NO/c1-5-7-8-9-10-11-18(20-14-6-2)17-15-16(3)12-13-19(17)21-4/h12-13,15,18,20H,5-11,14H2,1-4H3. The molecule has 0 aromatic heterocycles. The quantitative estimate of drug-likeness (QED) is 0.551. The Kier molecular flexibility index (Phi) is 9.16. The molecule has 0 aliphatic heterocycles. The highest BCUT2D eigenvalue weighted by molar-refractivity contribution is 5.39. The van der Waals surface area contributed by atoms with E-state index in [2.05, 4.69) is 44.3 Å². The maximum absolute atomic E-state index is 5.57. The van der Waals surface area contributed by atoms with Gasteiger partial charge in [0.25, 0.3) is 0 Å². The highest BCUT2D eigenvalue weighted by Crippen LogP contribution is 2.29. The van der Waals surface area contributed by atoms with Crippen LogP contribution in [-0.4, -0.2) is 13.7 Å². The predicted molar refractivity (Wildman–Crippen MR) is 92.1 cm³/mol. The van der Waals surface area contributed by atoms with Crippen LogP contribution < -0.4 is 10.1 Å². The van der Waals surface area contributed by atoms with Crippen LogP contribution >= 0.6 is 0 Å². The fourth-order valence-electron chi connectivity index (χ4n) is 2.76. The summed E-state index contributed by atoms with van der Waals surface area (Å²) in [6.45, 7) is 7.71. The first-order valence-corrected chi connectivity index (χ1v) is 8.60. The topological polar surface area (TPSA) is 21.3 Å². The monoisotopic (exact) mass is 291 g/mol. The number of benzene rings is 1. The summed E-state index contributed by atoms with van der Waals surface area (Å²) in [7, 11) is 1.77. The van der Waals surface area contributed by atoms with E-state index < -0.39 is 0 Å². The fraction of sp³-hybridized carbons (Fsp3) is 0.684. The number of hydrogen-bond donors (Lipinski definition) is 1. The van der Waals surface area contributed by atoms with Crippen LogP contribution in [0.2, 0.25) is 0 Å². The van der Waals surface area contributed by atoms with E-state index in [1.54, 1.807) is 7.11 Å². The number of aryl methyl sites for hydroxylation is 1. The Labute approximate surface area is 131 Å². The van der Waals surface area contributed by atoms with Gasteiger partial charge in [-0.3, -0.25) is 0 Å². The van der Waals surface area contributed by atoms with E-state index in [4.69, 9.17) is 4.74 Å². The van der Waals surface area contributed by atoms with Crippen LogP contribution in [0.4, 0.5) is 0 Å². The molecule has 1 N–H and O–H groups in total. The van der Waals surface area contributed by atoms with Crippen LogP contribution in [-0.2, 0) is 0 Å². The van der Waals surface area contributed by atoms with E-state index >= 15 is 0 Å². The average Bonchev–Trinajstić information content (AvgIpc) is 2.50. The molecule has 1 unspecified atom stereocenters. The van der Waals surface area contributed by atoms with Crippen molar-refractivity contribution in [1.29, 1.82) is 0 Å². The van der Waals surface area contributed by atoms with Crippen molar-refractivity contribution in [2.24, 2.45) is 0 Å². The molecule has 1 aromatic carbocycles. The van der Waals surface area contributed by atoms with Gasteiger partial charge in [0.15, 0.2) is 0 Å². The smallest absolute Gasteiger partial charge is 0.123 e. The SMILES string of the molecule is CCCCCCCC(NCCC)c1cc(C)ccc1OC. The maximum atomic E-state index is 5.57. The highest BCUT2D eigenvalue weighted by atomic mass is 16.5. The molecule has 0 bridgehead atoms. The summed E-state index contributed by atoms with van der Waals surface area (Å²) < 4.78 is 5.57. The van der Waals surface area contributed by atoms with Crippen molar-refractivity contribution < 1.29 is 4.74 Å². The summed E-state index contributed by atoms with van der Waals surface area (Å²) in [5.41, 5.74) is 2.63. The fourth-order valence-corrected chi connectivity index (χ4v) is 2.76. The molecule has 0 saturated heterocycles. The normalized spacial score (nSPS) is 12.4. The number of rotatable bonds is 11. The zero-order chi connectivity index (χ0) is 15.5. The van der Waals surface area contributed by atoms with Crippen molar-refractivity contribution in [3.05, 3.63) is 29.3 Å². The Morgan fingerprint density at radius 3 is 2.48 bits per heavy atom. The zero-order valence-corrected chi connectivity index (χ0v) is 14.4. The lowest BCUT2D eigenvalue weighted by Crippen LogP contribution is -2.22. The second-order valence-corrected chi connectivity index (χ2v) is 5.96. The van der Waals surface area contributed by atoms with E-state index in [1.807, 2.05) is 0 Å². The molecule has 0 spiro atoms. The van der Waals surface area contributed by atoms with Gasteiger partial charge in [0.2, 0.25) is 0 Å². The van der Waals surface area contributed by atoms with Crippen LogP contribution in [0.5, 0.6) is 5.75 Å². The largest absolute Gasteiger partial charge is 0.496 e. The molecule has 0 fully saturated rings. The molecule has 0 radical (unpaired) electrons. The molecule has 21 heavy (non-hydrogen) atoms. The molecular weight excluding hydrogens is 258 g/mol. The Hall–Kier alpha value is -1.02. The first-order valence-electron chi connectivity index (χ1n) is 8.60. The summed E-state index contributed by atoms with van der Waals surface area (Å²) in [6.07, 6.45) is 9.03. The molecule has 1 atom stereocenters. The van der Waals surface area contributed by atoms with Gasteiger partial charge in [0.05, 0.1) is 7.11 Å². The molecule has 0 heterocycles. The van der Waals surface area contributed by atoms with Crippen LogP contribution in [0.25, 0.3) is 0 Å². The minimum atomic E-state index is 0.418. The van der Waals surface area contributed by atoms with Crippen molar-refractivity contribution in [2.75, 3.05) is 13.7 Å². The second kappa shape index (κ2) is 10.7. The summed E-state index contributed by atoms with van der Waals surface area (Å²) in [5, 5.41) is 3.70. The molecule has 0 aliphatic rings. The Balaban J connectivity index is 2.69. The Morgan fingerprint density at radius 1 is 1.05 bits per heavy atom. The molecule has 120 valence electrons. The van der Waals surface area contributed by atoms with Gasteiger partial charge in [0, 0.05) is 11.6 Å². The molecule has 0 amide bonds. The Bertz CT molecular complexity index is 389. The van der Waals surface area contributed by atoms with Crippen molar-refractivity contribution >= 4 is 0 Å². The second-order valence-electron chi connectivity index (χ2n) is 5.96. The van der Waals surface area contributed by atoms with E-state index in [0.29, 0.717) is 6.04 Å². The van der Waals surface area contributed by atoms with Gasteiger partial charge in [-0.1, -0.05) is 63.6 Å². The van der Waals surface area contributed by atoms with Crippen LogP contribution in [0.1, 0.15) is 76.0 Å². The molecule has 2 heteroatoms. The summed E-state index contributed by atoms with van der Waals surface area (Å²) in [4.78, 5) is 0. The first kappa shape index (κ1) is 18.0. The first-order chi connectivity index (χ1) is 10.2.